The van der Waals surface area contributed by atoms with Gasteiger partial charge in [0.05, 0.1) is 12.6 Å². The smallest absolute Gasteiger partial charge is 0.422 e. The Balaban J connectivity index is 1.18. The van der Waals surface area contributed by atoms with Crippen LogP contribution in [0.1, 0.15) is 40.7 Å². The number of carbonyl (C=O) groups excluding carboxylic acids is 4. The van der Waals surface area contributed by atoms with Crippen LogP contribution in [0.5, 0.6) is 6.01 Å². The highest BCUT2D eigenvalue weighted by atomic mass is 35.5. The number of hydrogen-bond acceptors (Lipinski definition) is 12. The number of amides is 3. The Morgan fingerprint density at radius 1 is 0.870 bits per heavy atom. The Bertz CT molecular complexity index is 1930. The van der Waals surface area contributed by atoms with E-state index in [-0.39, 0.29) is 37.0 Å². The molecular formula is C35H35ClF3N9O6. The molecule has 0 aliphatic heterocycles. The van der Waals surface area contributed by atoms with Gasteiger partial charge in [-0.15, -0.1) is 0 Å². The molecule has 2 aromatic heterocycles. The van der Waals surface area contributed by atoms with Crippen LogP contribution in [0.4, 0.5) is 30.8 Å². The molecule has 3 amide bonds. The molecule has 1 fully saturated rings. The summed E-state index contributed by atoms with van der Waals surface area (Å²) >= 11 is 6.03. The molecule has 5 N–H and O–H groups in total. The third kappa shape index (κ3) is 11.5. The number of alkyl halides is 3. The predicted molar refractivity (Wildman–Crippen MR) is 189 cm³/mol. The van der Waals surface area contributed by atoms with E-state index in [2.05, 4.69) is 46.5 Å². The van der Waals surface area contributed by atoms with Gasteiger partial charge in [0, 0.05) is 41.8 Å². The molecule has 4 aromatic rings. The number of nitrogens with zero attached hydrogens (tertiary/aromatic N) is 4. The van der Waals surface area contributed by atoms with E-state index in [0.29, 0.717) is 30.0 Å². The molecular weight excluding hydrogens is 735 g/mol. The number of esters is 1. The number of methoxy groups -OCH3 is 1. The fourth-order valence-corrected chi connectivity index (χ4v) is 5.23. The Morgan fingerprint density at radius 2 is 1.52 bits per heavy atom. The van der Waals surface area contributed by atoms with E-state index in [1.807, 2.05) is 12.1 Å². The zero-order valence-corrected chi connectivity index (χ0v) is 29.5. The van der Waals surface area contributed by atoms with Gasteiger partial charge in [-0.25, -0.2) is 4.79 Å². The van der Waals surface area contributed by atoms with Crippen LogP contribution in [0.15, 0.2) is 73.1 Å². The van der Waals surface area contributed by atoms with Crippen molar-refractivity contribution in [1.82, 2.24) is 35.9 Å². The Kier molecular flexibility index (Phi) is 12.8. The van der Waals surface area contributed by atoms with Gasteiger partial charge < -0.3 is 36.1 Å². The van der Waals surface area contributed by atoms with Gasteiger partial charge in [0.2, 0.25) is 11.9 Å². The minimum absolute atomic E-state index is 0.0280. The zero-order chi connectivity index (χ0) is 38.7. The fourth-order valence-electron chi connectivity index (χ4n) is 5.10. The molecule has 54 heavy (non-hydrogen) atoms. The Hall–Kier alpha value is -6.04. The number of rotatable bonds is 16. The highest BCUT2D eigenvalue weighted by Gasteiger charge is 2.45. The second kappa shape index (κ2) is 17.7. The first-order valence-electron chi connectivity index (χ1n) is 16.5. The van der Waals surface area contributed by atoms with Crippen molar-refractivity contribution in [3.05, 3.63) is 94.8 Å². The van der Waals surface area contributed by atoms with Crippen LogP contribution < -0.4 is 31.3 Å². The number of carbonyl (C=O) groups is 4. The van der Waals surface area contributed by atoms with Gasteiger partial charge in [0.1, 0.15) is 6.04 Å². The van der Waals surface area contributed by atoms with E-state index in [1.165, 1.54) is 24.3 Å². The van der Waals surface area contributed by atoms with E-state index in [0.717, 1.165) is 18.2 Å². The lowest BCUT2D eigenvalue weighted by atomic mass is 10.1. The van der Waals surface area contributed by atoms with Crippen molar-refractivity contribution in [2.24, 2.45) is 0 Å². The van der Waals surface area contributed by atoms with Gasteiger partial charge in [-0.3, -0.25) is 19.4 Å². The molecule has 0 saturated heterocycles. The molecule has 1 saturated carbocycles. The summed E-state index contributed by atoms with van der Waals surface area (Å²) in [6.07, 6.45) is 0.442. The second-order valence-electron chi connectivity index (χ2n) is 12.0. The second-order valence-corrected chi connectivity index (χ2v) is 12.5. The zero-order valence-electron chi connectivity index (χ0n) is 28.7. The number of anilines is 3. The molecule has 284 valence electrons. The van der Waals surface area contributed by atoms with Crippen LogP contribution in [0.2, 0.25) is 5.02 Å². The van der Waals surface area contributed by atoms with Gasteiger partial charge in [0.25, 0.3) is 5.91 Å². The first kappa shape index (κ1) is 39.2. The maximum Gasteiger partial charge on any atom is 0.422 e. The number of ether oxygens (including phenoxy) is 2. The number of nitrogens with one attached hydrogen (secondary N) is 5. The van der Waals surface area contributed by atoms with Crippen molar-refractivity contribution in [3.8, 4) is 6.01 Å². The summed E-state index contributed by atoms with van der Waals surface area (Å²) in [5.74, 6) is -3.34. The lowest BCUT2D eigenvalue weighted by Gasteiger charge is -2.19. The summed E-state index contributed by atoms with van der Waals surface area (Å²) in [5, 5.41) is 14.1. The molecule has 0 unspecified atom stereocenters. The maximum atomic E-state index is 13.1. The van der Waals surface area contributed by atoms with Gasteiger partial charge >= 0.3 is 30.0 Å². The lowest BCUT2D eigenvalue weighted by Crippen LogP contribution is -2.45. The molecule has 2 heterocycles. The molecule has 19 heteroatoms. The minimum Gasteiger partial charge on any atom is -0.467 e. The van der Waals surface area contributed by atoms with Crippen molar-refractivity contribution in [2.45, 2.75) is 43.4 Å². The van der Waals surface area contributed by atoms with E-state index >= 15 is 0 Å². The normalized spacial score (nSPS) is 13.5. The van der Waals surface area contributed by atoms with Gasteiger partial charge in [-0.05, 0) is 85.3 Å². The largest absolute Gasteiger partial charge is 0.467 e. The highest BCUT2D eigenvalue weighted by Crippen LogP contribution is 2.48. The van der Waals surface area contributed by atoms with E-state index in [4.69, 9.17) is 21.1 Å². The van der Waals surface area contributed by atoms with Crippen LogP contribution in [0.3, 0.4) is 0 Å². The molecule has 2 aromatic carbocycles. The molecule has 1 aliphatic carbocycles. The van der Waals surface area contributed by atoms with Gasteiger partial charge in [0.15, 0.2) is 6.61 Å². The maximum absolute atomic E-state index is 13.1. The number of halogens is 4. The first-order valence-corrected chi connectivity index (χ1v) is 16.9. The lowest BCUT2D eigenvalue weighted by molar-refractivity contribution is -0.154. The summed E-state index contributed by atoms with van der Waals surface area (Å²) in [6, 6.07) is 14.8. The van der Waals surface area contributed by atoms with E-state index < -0.39 is 54.1 Å². The predicted octanol–water partition coefficient (Wildman–Crippen LogP) is 3.84. The minimum atomic E-state index is -4.64. The molecule has 15 nitrogen and oxygen atoms in total. The molecule has 1 aliphatic rings. The van der Waals surface area contributed by atoms with Gasteiger partial charge in [-0.1, -0.05) is 23.7 Å². The number of benzene rings is 2. The summed E-state index contributed by atoms with van der Waals surface area (Å²) in [5.41, 5.74) is 1.77. The molecule has 0 spiro atoms. The molecule has 0 bridgehead atoms. The quantitative estimate of drug-likeness (QED) is 0.0817. The molecule has 5 rings (SSSR count). The fraction of sp³-hybridized carbons (Fsp3) is 0.314. The van der Waals surface area contributed by atoms with E-state index in [1.54, 1.807) is 36.7 Å². The van der Waals surface area contributed by atoms with Crippen molar-refractivity contribution in [2.75, 3.05) is 37.4 Å². The van der Waals surface area contributed by atoms with Crippen LogP contribution in [0, 0.1) is 0 Å². The standard InChI is InChI=1S/C35H35ClF3N9O6/c1-53-30(52)26(13-19-42-29(51)28(50)41-18-12-21-10-16-40-17-11-21)44-27(49)22-2-8-25(9-3-22)43-31-45-32(47-33(46-31)54-20-35(37,38)39)48-34(14-15-34)23-4-6-24(36)7-5-23/h2-11,16-17,26H,12-15,18-20H2,1H3,(H,41,50)(H,42,51)(H,44,49)(H2,43,45,46,47,48)/t26-/m0/s1. The molecule has 0 radical (unpaired) electrons. The number of pyridine rings is 1. The average Bonchev–Trinajstić information content (AvgIpc) is 3.93. The summed E-state index contributed by atoms with van der Waals surface area (Å²) < 4.78 is 48.5. The average molecular weight is 770 g/mol. The van der Waals surface area contributed by atoms with Crippen molar-refractivity contribution < 1.29 is 41.8 Å². The Labute approximate surface area is 311 Å². The third-order valence-corrected chi connectivity index (χ3v) is 8.30. The van der Waals surface area contributed by atoms with Crippen molar-refractivity contribution in [3.63, 3.8) is 0 Å². The van der Waals surface area contributed by atoms with Crippen molar-refractivity contribution in [1.29, 1.82) is 0 Å². The van der Waals surface area contributed by atoms with Crippen LogP contribution in [-0.2, 0) is 31.1 Å². The Morgan fingerprint density at radius 3 is 2.15 bits per heavy atom. The molecule has 1 atom stereocenters. The van der Waals surface area contributed by atoms with Crippen LogP contribution >= 0.6 is 11.6 Å². The third-order valence-electron chi connectivity index (χ3n) is 8.05. The van der Waals surface area contributed by atoms with Crippen LogP contribution in [-0.4, -0.2) is 82.7 Å². The SMILES string of the molecule is COC(=O)[C@H](CCNC(=O)C(=O)NCCc1ccncc1)NC(=O)c1ccc(Nc2nc(NC3(c4ccc(Cl)cc4)CC3)nc(OCC(F)(F)F)n2)cc1. The summed E-state index contributed by atoms with van der Waals surface area (Å²) in [4.78, 5) is 66.1. The van der Waals surface area contributed by atoms with Crippen molar-refractivity contribution >= 4 is 52.9 Å². The van der Waals surface area contributed by atoms with Gasteiger partial charge in [-0.2, -0.15) is 28.1 Å². The monoisotopic (exact) mass is 769 g/mol. The summed E-state index contributed by atoms with van der Waals surface area (Å²) in [7, 11) is 1.14. The number of hydrogen-bond donors (Lipinski definition) is 5. The van der Waals surface area contributed by atoms with Crippen LogP contribution in [0.25, 0.3) is 0 Å². The topological polar surface area (TPSA) is 198 Å². The number of aromatic nitrogens is 4. The van der Waals surface area contributed by atoms with E-state index in [9.17, 15) is 32.3 Å². The first-order chi connectivity index (χ1) is 25.8. The summed E-state index contributed by atoms with van der Waals surface area (Å²) in [6.45, 7) is -1.52. The highest BCUT2D eigenvalue weighted by molar-refractivity contribution is 6.35.